The summed E-state index contributed by atoms with van der Waals surface area (Å²) in [7, 11) is 0. The van der Waals surface area contributed by atoms with E-state index in [0.29, 0.717) is 11.3 Å². The maximum atomic E-state index is 13.6. The van der Waals surface area contributed by atoms with E-state index in [9.17, 15) is 9.18 Å². The third-order valence-corrected chi connectivity index (χ3v) is 5.63. The van der Waals surface area contributed by atoms with Crippen LogP contribution in [0.4, 0.5) is 27.3 Å². The molecular formula is C23H21FN6O. The number of aliphatic imine (C=N–C) groups is 1. The smallest absolute Gasteiger partial charge is 0.237 e. The fourth-order valence-corrected chi connectivity index (χ4v) is 3.96. The van der Waals surface area contributed by atoms with Crippen molar-refractivity contribution < 1.29 is 9.18 Å². The highest BCUT2D eigenvalue weighted by atomic mass is 19.1. The molecule has 0 saturated carbocycles. The standard InChI is InChI=1S/C23H21FN6O/c24-16-1-6-21-19(13-16)20(23(31)28-21)14-27-17-2-4-18(5-3-17)29-9-11-30(12-10-29)22-15-25-7-8-26-22/h1-8,13-15,20H,9-12H2,(H,28,31). The van der Waals surface area contributed by atoms with Crippen LogP contribution in [0.1, 0.15) is 11.5 Å². The van der Waals surface area contributed by atoms with Crippen LogP contribution in [0.5, 0.6) is 0 Å². The summed E-state index contributed by atoms with van der Waals surface area (Å²) in [6.45, 7) is 3.55. The Labute approximate surface area is 179 Å². The summed E-state index contributed by atoms with van der Waals surface area (Å²) in [4.78, 5) is 29.7. The van der Waals surface area contributed by atoms with Crippen LogP contribution < -0.4 is 15.1 Å². The number of carbonyl (C=O) groups excluding carboxylic acids is 1. The predicted molar refractivity (Wildman–Crippen MR) is 119 cm³/mol. The molecule has 156 valence electrons. The van der Waals surface area contributed by atoms with Crippen molar-refractivity contribution in [2.75, 3.05) is 41.3 Å². The number of amides is 1. The minimum absolute atomic E-state index is 0.193. The Morgan fingerprint density at radius 2 is 1.81 bits per heavy atom. The van der Waals surface area contributed by atoms with Crippen molar-refractivity contribution in [1.82, 2.24) is 9.97 Å². The van der Waals surface area contributed by atoms with E-state index < -0.39 is 5.92 Å². The molecule has 0 bridgehead atoms. The number of benzene rings is 2. The first kappa shape index (κ1) is 19.2. The fraction of sp³-hybridized carbons (Fsp3) is 0.217. The van der Waals surface area contributed by atoms with Gasteiger partial charge < -0.3 is 15.1 Å². The Morgan fingerprint density at radius 3 is 2.55 bits per heavy atom. The molecule has 1 amide bonds. The van der Waals surface area contributed by atoms with Gasteiger partial charge in [-0.2, -0.15) is 0 Å². The highest BCUT2D eigenvalue weighted by Gasteiger charge is 2.29. The van der Waals surface area contributed by atoms with E-state index in [4.69, 9.17) is 0 Å². The second-order valence-corrected chi connectivity index (χ2v) is 7.53. The van der Waals surface area contributed by atoms with Gasteiger partial charge in [-0.3, -0.25) is 14.8 Å². The van der Waals surface area contributed by atoms with Crippen molar-refractivity contribution in [3.63, 3.8) is 0 Å². The van der Waals surface area contributed by atoms with Crippen molar-refractivity contribution in [3.8, 4) is 0 Å². The molecular weight excluding hydrogens is 395 g/mol. The van der Waals surface area contributed by atoms with Crippen molar-refractivity contribution in [3.05, 3.63) is 72.4 Å². The summed E-state index contributed by atoms with van der Waals surface area (Å²) in [5.74, 6) is -0.233. The monoisotopic (exact) mass is 416 g/mol. The molecule has 1 atom stereocenters. The summed E-state index contributed by atoms with van der Waals surface area (Å²) in [6.07, 6.45) is 6.76. The highest BCUT2D eigenvalue weighted by Crippen LogP contribution is 2.32. The number of halogens is 1. The van der Waals surface area contributed by atoms with E-state index in [2.05, 4.69) is 30.1 Å². The highest BCUT2D eigenvalue weighted by molar-refractivity contribution is 6.12. The fourth-order valence-electron chi connectivity index (χ4n) is 3.96. The van der Waals surface area contributed by atoms with E-state index in [1.54, 1.807) is 30.9 Å². The molecule has 0 radical (unpaired) electrons. The van der Waals surface area contributed by atoms with Gasteiger partial charge in [0, 0.05) is 56.2 Å². The van der Waals surface area contributed by atoms with Gasteiger partial charge in [-0.25, -0.2) is 9.37 Å². The molecule has 8 heteroatoms. The average molecular weight is 416 g/mol. The number of nitrogens with one attached hydrogen (secondary N) is 1. The summed E-state index contributed by atoms with van der Waals surface area (Å²) in [5, 5.41) is 2.76. The van der Waals surface area contributed by atoms with Gasteiger partial charge in [0.05, 0.1) is 11.9 Å². The average Bonchev–Trinajstić information content (AvgIpc) is 3.13. The Balaban J connectivity index is 1.23. The second-order valence-electron chi connectivity index (χ2n) is 7.53. The zero-order valence-electron chi connectivity index (χ0n) is 16.8. The zero-order valence-corrected chi connectivity index (χ0v) is 16.8. The maximum absolute atomic E-state index is 13.6. The summed E-state index contributed by atoms with van der Waals surface area (Å²) in [6, 6.07) is 12.2. The van der Waals surface area contributed by atoms with Crippen LogP contribution in [0.2, 0.25) is 0 Å². The van der Waals surface area contributed by atoms with Crippen LogP contribution in [-0.2, 0) is 4.79 Å². The lowest BCUT2D eigenvalue weighted by molar-refractivity contribution is -0.115. The van der Waals surface area contributed by atoms with Gasteiger partial charge in [0.1, 0.15) is 17.6 Å². The number of rotatable bonds is 4. The maximum Gasteiger partial charge on any atom is 0.237 e. The molecule has 0 aliphatic carbocycles. The number of hydrogen-bond acceptors (Lipinski definition) is 6. The number of hydrogen-bond donors (Lipinski definition) is 1. The van der Waals surface area contributed by atoms with E-state index in [-0.39, 0.29) is 11.7 Å². The minimum atomic E-state index is -0.584. The number of nitrogens with zero attached hydrogens (tertiary/aromatic N) is 5. The molecule has 3 heterocycles. The van der Waals surface area contributed by atoms with Gasteiger partial charge in [0.15, 0.2) is 0 Å². The Bertz CT molecular complexity index is 1110. The minimum Gasteiger partial charge on any atom is -0.368 e. The molecule has 7 nitrogen and oxygen atoms in total. The van der Waals surface area contributed by atoms with Crippen LogP contribution in [0.25, 0.3) is 0 Å². The van der Waals surface area contributed by atoms with Gasteiger partial charge in [0.25, 0.3) is 0 Å². The molecule has 2 aliphatic rings. The van der Waals surface area contributed by atoms with Crippen molar-refractivity contribution in [2.24, 2.45) is 4.99 Å². The lowest BCUT2D eigenvalue weighted by Gasteiger charge is -2.36. The lowest BCUT2D eigenvalue weighted by atomic mass is 10.0. The van der Waals surface area contributed by atoms with Crippen molar-refractivity contribution in [2.45, 2.75) is 5.92 Å². The molecule has 1 unspecified atom stereocenters. The summed E-state index contributed by atoms with van der Waals surface area (Å²) < 4.78 is 13.6. The first-order valence-corrected chi connectivity index (χ1v) is 10.2. The van der Waals surface area contributed by atoms with Crippen LogP contribution in [-0.4, -0.2) is 48.3 Å². The topological polar surface area (TPSA) is 73.7 Å². The number of aromatic nitrogens is 2. The van der Waals surface area contributed by atoms with Gasteiger partial charge in [-0.05, 0) is 48.0 Å². The normalized spacial score (nSPS) is 18.4. The molecule has 5 rings (SSSR count). The van der Waals surface area contributed by atoms with Crippen LogP contribution in [0.15, 0.2) is 66.0 Å². The number of piperazine rings is 1. The van der Waals surface area contributed by atoms with Crippen LogP contribution >= 0.6 is 0 Å². The first-order valence-electron chi connectivity index (χ1n) is 10.2. The quantitative estimate of drug-likeness (QED) is 0.660. The van der Waals surface area contributed by atoms with Gasteiger partial charge in [0.2, 0.25) is 5.91 Å². The zero-order chi connectivity index (χ0) is 21.2. The molecule has 31 heavy (non-hydrogen) atoms. The second kappa shape index (κ2) is 8.14. The Morgan fingerprint density at radius 1 is 1.03 bits per heavy atom. The SMILES string of the molecule is O=C1Nc2ccc(F)cc2C1C=Nc1ccc(N2CCN(c3cnccn3)CC2)cc1. The largest absolute Gasteiger partial charge is 0.368 e. The third-order valence-electron chi connectivity index (χ3n) is 5.63. The number of anilines is 3. The molecule has 3 aromatic rings. The van der Waals surface area contributed by atoms with E-state index in [1.165, 1.54) is 12.1 Å². The van der Waals surface area contributed by atoms with E-state index in [1.807, 2.05) is 24.3 Å². The van der Waals surface area contributed by atoms with Crippen LogP contribution in [0.3, 0.4) is 0 Å². The van der Waals surface area contributed by atoms with Gasteiger partial charge >= 0.3 is 0 Å². The molecule has 2 aliphatic heterocycles. The Kier molecular flexibility index (Phi) is 5.03. The molecule has 2 aromatic carbocycles. The molecule has 1 saturated heterocycles. The van der Waals surface area contributed by atoms with Gasteiger partial charge in [-0.1, -0.05) is 0 Å². The predicted octanol–water partition coefficient (Wildman–Crippen LogP) is 3.38. The lowest BCUT2D eigenvalue weighted by Crippen LogP contribution is -2.46. The summed E-state index contributed by atoms with van der Waals surface area (Å²) >= 11 is 0. The van der Waals surface area contributed by atoms with E-state index in [0.717, 1.165) is 43.4 Å². The number of carbonyl (C=O) groups is 1. The van der Waals surface area contributed by atoms with Crippen molar-refractivity contribution >= 4 is 35.0 Å². The Hall–Kier alpha value is -3.81. The summed E-state index contributed by atoms with van der Waals surface area (Å²) in [5.41, 5.74) is 3.13. The third kappa shape index (κ3) is 3.96. The van der Waals surface area contributed by atoms with Crippen molar-refractivity contribution in [1.29, 1.82) is 0 Å². The van der Waals surface area contributed by atoms with Gasteiger partial charge in [-0.15, -0.1) is 0 Å². The molecule has 0 spiro atoms. The molecule has 1 aromatic heterocycles. The molecule has 1 fully saturated rings. The number of fused-ring (bicyclic) bond motifs is 1. The van der Waals surface area contributed by atoms with E-state index >= 15 is 0 Å². The van der Waals surface area contributed by atoms with Crippen LogP contribution in [0, 0.1) is 5.82 Å². The first-order chi connectivity index (χ1) is 15.2. The molecule has 1 N–H and O–H groups in total.